The van der Waals surface area contributed by atoms with Crippen LogP contribution in [0.15, 0.2) is 52.3 Å². The van der Waals surface area contributed by atoms with E-state index in [-0.39, 0.29) is 11.1 Å². The fourth-order valence-corrected chi connectivity index (χ4v) is 2.37. The van der Waals surface area contributed by atoms with Crippen LogP contribution in [0, 0.1) is 0 Å². The second kappa shape index (κ2) is 6.11. The van der Waals surface area contributed by atoms with Crippen molar-refractivity contribution in [1.82, 2.24) is 30.1 Å². The number of rotatable bonds is 4. The third kappa shape index (κ3) is 2.94. The van der Waals surface area contributed by atoms with Gasteiger partial charge in [-0.1, -0.05) is 5.16 Å². The van der Waals surface area contributed by atoms with E-state index in [2.05, 4.69) is 30.1 Å². The zero-order valence-corrected chi connectivity index (χ0v) is 13.2. The van der Waals surface area contributed by atoms with Gasteiger partial charge >= 0.3 is 0 Å². The monoisotopic (exact) mass is 335 g/mol. The van der Waals surface area contributed by atoms with E-state index < -0.39 is 0 Å². The molecular weight excluding hydrogens is 322 g/mol. The van der Waals surface area contributed by atoms with Gasteiger partial charge in [0.1, 0.15) is 5.82 Å². The number of aromatic nitrogens is 6. The first-order chi connectivity index (χ1) is 12.2. The van der Waals surface area contributed by atoms with Gasteiger partial charge in [0.25, 0.3) is 5.56 Å². The van der Waals surface area contributed by atoms with Gasteiger partial charge in [-0.25, -0.2) is 9.97 Å². The number of fused-ring (bicyclic) bond motifs is 1. The number of pyridine rings is 2. The molecule has 0 aliphatic carbocycles. The summed E-state index contributed by atoms with van der Waals surface area (Å²) in [5.74, 6) is 1.51. The summed E-state index contributed by atoms with van der Waals surface area (Å²) in [6.45, 7) is 0.351. The van der Waals surface area contributed by atoms with Crippen LogP contribution in [0.2, 0.25) is 0 Å². The molecular formula is C16H13N7O2. The minimum absolute atomic E-state index is 0.281. The maximum atomic E-state index is 11.8. The van der Waals surface area contributed by atoms with E-state index in [4.69, 9.17) is 4.52 Å². The van der Waals surface area contributed by atoms with Crippen molar-refractivity contribution in [3.05, 3.63) is 59.2 Å². The number of nitrogens with one attached hydrogen (secondary N) is 1. The summed E-state index contributed by atoms with van der Waals surface area (Å²) in [7, 11) is 1.83. The van der Waals surface area contributed by atoms with Crippen LogP contribution in [0.25, 0.3) is 22.4 Å². The molecule has 1 N–H and O–H groups in total. The smallest absolute Gasteiger partial charge is 0.277 e. The molecule has 0 fully saturated rings. The van der Waals surface area contributed by atoms with Gasteiger partial charge in [0.05, 0.1) is 18.4 Å². The van der Waals surface area contributed by atoms with Crippen LogP contribution < -0.4 is 10.5 Å². The Labute approximate surface area is 141 Å². The Morgan fingerprint density at radius 1 is 1.24 bits per heavy atom. The first kappa shape index (κ1) is 14.9. The number of aromatic amines is 1. The fourth-order valence-electron chi connectivity index (χ4n) is 2.37. The van der Waals surface area contributed by atoms with Gasteiger partial charge in [0.15, 0.2) is 5.52 Å². The van der Waals surface area contributed by atoms with Gasteiger partial charge in [0.2, 0.25) is 11.7 Å². The predicted octanol–water partition coefficient (Wildman–Crippen LogP) is 1.40. The van der Waals surface area contributed by atoms with Gasteiger partial charge in [-0.15, -0.1) is 0 Å². The van der Waals surface area contributed by atoms with E-state index in [0.29, 0.717) is 29.6 Å². The fraction of sp³-hybridized carbons (Fsp3) is 0.125. The van der Waals surface area contributed by atoms with Crippen LogP contribution in [0.4, 0.5) is 5.82 Å². The van der Waals surface area contributed by atoms with Gasteiger partial charge in [-0.2, -0.15) is 4.98 Å². The van der Waals surface area contributed by atoms with Crippen molar-refractivity contribution in [2.75, 3.05) is 11.9 Å². The molecule has 4 rings (SSSR count). The third-order valence-corrected chi connectivity index (χ3v) is 3.62. The molecule has 9 nitrogen and oxygen atoms in total. The van der Waals surface area contributed by atoms with Crippen LogP contribution in [0.1, 0.15) is 5.89 Å². The Hall–Kier alpha value is -3.62. The lowest BCUT2D eigenvalue weighted by molar-refractivity contribution is 0.378. The molecule has 0 unspecified atom stereocenters. The first-order valence-electron chi connectivity index (χ1n) is 7.49. The Balaban J connectivity index is 1.58. The van der Waals surface area contributed by atoms with Gasteiger partial charge < -0.3 is 14.4 Å². The minimum Gasteiger partial charge on any atom is -0.350 e. The molecule has 4 heterocycles. The molecule has 0 aliphatic heterocycles. The number of anilines is 1. The summed E-state index contributed by atoms with van der Waals surface area (Å²) in [5.41, 5.74) is 1.32. The molecule has 0 saturated carbocycles. The highest BCUT2D eigenvalue weighted by Gasteiger charge is 2.13. The van der Waals surface area contributed by atoms with E-state index in [9.17, 15) is 4.79 Å². The summed E-state index contributed by atoms with van der Waals surface area (Å²) in [6, 6.07) is 7.20. The summed E-state index contributed by atoms with van der Waals surface area (Å²) in [5, 5.41) is 3.96. The molecule has 0 atom stereocenters. The van der Waals surface area contributed by atoms with E-state index in [0.717, 1.165) is 5.56 Å². The Morgan fingerprint density at radius 2 is 2.16 bits per heavy atom. The third-order valence-electron chi connectivity index (χ3n) is 3.62. The first-order valence-corrected chi connectivity index (χ1v) is 7.49. The van der Waals surface area contributed by atoms with E-state index in [1.54, 1.807) is 24.5 Å². The van der Waals surface area contributed by atoms with Crippen molar-refractivity contribution >= 4 is 16.9 Å². The molecule has 0 aromatic carbocycles. The SMILES string of the molecule is CN(Cc1nc(-c2cccnc2)no1)c1ccc2nc[nH]c(=O)c2n1. The number of nitrogens with zero attached hydrogens (tertiary/aromatic N) is 6. The second-order valence-electron chi connectivity index (χ2n) is 5.38. The highest BCUT2D eigenvalue weighted by atomic mass is 16.5. The molecule has 124 valence electrons. The summed E-state index contributed by atoms with van der Waals surface area (Å²) in [4.78, 5) is 33.0. The lowest BCUT2D eigenvalue weighted by Gasteiger charge is -2.15. The molecule has 0 spiro atoms. The van der Waals surface area contributed by atoms with E-state index in [1.165, 1.54) is 6.33 Å². The predicted molar refractivity (Wildman–Crippen MR) is 89.8 cm³/mol. The van der Waals surface area contributed by atoms with Crippen LogP contribution in [-0.4, -0.2) is 37.1 Å². The van der Waals surface area contributed by atoms with Crippen molar-refractivity contribution in [1.29, 1.82) is 0 Å². The lowest BCUT2D eigenvalue weighted by atomic mass is 10.3. The molecule has 0 amide bonds. The molecule has 0 saturated heterocycles. The molecule has 9 heteroatoms. The zero-order chi connectivity index (χ0) is 17.2. The highest BCUT2D eigenvalue weighted by Crippen LogP contribution is 2.17. The van der Waals surface area contributed by atoms with Crippen molar-refractivity contribution in [3.63, 3.8) is 0 Å². The summed E-state index contributed by atoms with van der Waals surface area (Å²) >= 11 is 0. The maximum Gasteiger partial charge on any atom is 0.277 e. The molecule has 0 aliphatic rings. The number of hydrogen-bond acceptors (Lipinski definition) is 8. The second-order valence-corrected chi connectivity index (χ2v) is 5.38. The van der Waals surface area contributed by atoms with Crippen molar-refractivity contribution in [2.24, 2.45) is 0 Å². The lowest BCUT2D eigenvalue weighted by Crippen LogP contribution is -2.19. The zero-order valence-electron chi connectivity index (χ0n) is 13.2. The number of hydrogen-bond donors (Lipinski definition) is 1. The molecule has 0 bridgehead atoms. The van der Waals surface area contributed by atoms with Crippen LogP contribution in [-0.2, 0) is 6.54 Å². The normalized spacial score (nSPS) is 10.9. The summed E-state index contributed by atoms with van der Waals surface area (Å²) in [6.07, 6.45) is 4.71. The Kier molecular flexibility index (Phi) is 3.65. The average Bonchev–Trinajstić information content (AvgIpc) is 3.11. The Bertz CT molecular complexity index is 1070. The standard InChI is InChI=1S/C16H13N7O2/c1-23(12-5-4-11-14(20-12)16(24)19-9-18-11)8-13-21-15(22-25-13)10-3-2-6-17-7-10/h2-7,9H,8H2,1H3,(H,18,19,24). The molecule has 0 radical (unpaired) electrons. The van der Waals surface area contributed by atoms with E-state index in [1.807, 2.05) is 24.1 Å². The van der Waals surface area contributed by atoms with Crippen LogP contribution in [0.3, 0.4) is 0 Å². The highest BCUT2D eigenvalue weighted by molar-refractivity contribution is 5.74. The topological polar surface area (TPSA) is 114 Å². The minimum atomic E-state index is -0.281. The maximum absolute atomic E-state index is 11.8. The van der Waals surface area contributed by atoms with E-state index >= 15 is 0 Å². The van der Waals surface area contributed by atoms with Crippen molar-refractivity contribution in [3.8, 4) is 11.4 Å². The Morgan fingerprint density at radius 3 is 3.00 bits per heavy atom. The number of H-pyrrole nitrogens is 1. The van der Waals surface area contributed by atoms with Crippen molar-refractivity contribution < 1.29 is 4.52 Å². The molecule has 4 aromatic rings. The van der Waals surface area contributed by atoms with Crippen molar-refractivity contribution in [2.45, 2.75) is 6.54 Å². The van der Waals surface area contributed by atoms with Crippen LogP contribution in [0.5, 0.6) is 0 Å². The summed E-state index contributed by atoms with van der Waals surface area (Å²) < 4.78 is 5.28. The van der Waals surface area contributed by atoms with Gasteiger partial charge in [-0.3, -0.25) is 9.78 Å². The van der Waals surface area contributed by atoms with Gasteiger partial charge in [0, 0.05) is 25.0 Å². The largest absolute Gasteiger partial charge is 0.350 e. The van der Waals surface area contributed by atoms with Crippen LogP contribution >= 0.6 is 0 Å². The van der Waals surface area contributed by atoms with Gasteiger partial charge in [-0.05, 0) is 24.3 Å². The molecule has 4 aromatic heterocycles. The average molecular weight is 335 g/mol. The molecule has 25 heavy (non-hydrogen) atoms. The quantitative estimate of drug-likeness (QED) is 0.595.